The largest absolute Gasteiger partial charge is 0.478 e. The molecule has 0 spiro atoms. The number of rotatable bonds is 6. The average Bonchev–Trinajstić information content (AvgIpc) is 2.68. The molecule has 0 aromatic heterocycles. The molecule has 0 fully saturated rings. The van der Waals surface area contributed by atoms with Crippen LogP contribution in [0.15, 0.2) is 84.9 Å². The highest BCUT2D eigenvalue weighted by atomic mass is 31.2. The van der Waals surface area contributed by atoms with E-state index in [1.165, 1.54) is 0 Å². The van der Waals surface area contributed by atoms with E-state index in [1.54, 1.807) is 0 Å². The summed E-state index contributed by atoms with van der Waals surface area (Å²) in [5.41, 5.74) is 0.841. The lowest BCUT2D eigenvalue weighted by Gasteiger charge is -2.21. The molecule has 0 aliphatic heterocycles. The van der Waals surface area contributed by atoms with Crippen molar-refractivity contribution in [2.45, 2.75) is 6.16 Å². The second-order valence-electron chi connectivity index (χ2n) is 5.62. The van der Waals surface area contributed by atoms with Gasteiger partial charge in [-0.1, -0.05) is 78.9 Å². The van der Waals surface area contributed by atoms with E-state index in [-0.39, 0.29) is 6.61 Å². The molecular weight excluding hydrogens is 329 g/mol. The molecule has 0 saturated heterocycles. The molecule has 0 bridgehead atoms. The fourth-order valence-corrected chi connectivity index (χ4v) is 5.51. The van der Waals surface area contributed by atoms with Crippen molar-refractivity contribution in [3.8, 4) is 11.8 Å². The summed E-state index contributed by atoms with van der Waals surface area (Å²) in [6, 6.07) is 28.5. The van der Waals surface area contributed by atoms with Crippen molar-refractivity contribution in [3.05, 3.63) is 90.5 Å². The molecule has 0 N–H and O–H groups in total. The molecular formula is C21H18NO2P. The normalized spacial score (nSPS) is 10.8. The van der Waals surface area contributed by atoms with Gasteiger partial charge in [0, 0.05) is 22.3 Å². The molecule has 3 aromatic carbocycles. The van der Waals surface area contributed by atoms with Gasteiger partial charge in [-0.05, 0) is 6.07 Å². The molecule has 0 amide bonds. The Balaban J connectivity index is 2.07. The first-order valence-electron chi connectivity index (χ1n) is 8.02. The molecule has 25 heavy (non-hydrogen) atoms. The second-order valence-corrected chi connectivity index (χ2v) is 8.45. The van der Waals surface area contributed by atoms with Crippen LogP contribution in [0.25, 0.3) is 0 Å². The van der Waals surface area contributed by atoms with Crippen LogP contribution < -0.4 is 15.3 Å². The van der Waals surface area contributed by atoms with Crippen molar-refractivity contribution in [1.29, 1.82) is 5.26 Å². The van der Waals surface area contributed by atoms with E-state index in [2.05, 4.69) is 0 Å². The van der Waals surface area contributed by atoms with Crippen molar-refractivity contribution in [1.82, 2.24) is 0 Å². The minimum absolute atomic E-state index is 0.0298. The predicted molar refractivity (Wildman–Crippen MR) is 101 cm³/mol. The van der Waals surface area contributed by atoms with Crippen LogP contribution in [0, 0.1) is 11.3 Å². The molecule has 124 valence electrons. The van der Waals surface area contributed by atoms with Gasteiger partial charge in [-0.2, -0.15) is 5.26 Å². The van der Waals surface area contributed by atoms with Gasteiger partial charge < -0.3 is 9.30 Å². The van der Waals surface area contributed by atoms with Crippen molar-refractivity contribution in [2.24, 2.45) is 0 Å². The van der Waals surface area contributed by atoms with Crippen molar-refractivity contribution in [3.63, 3.8) is 0 Å². The molecule has 0 heterocycles. The van der Waals surface area contributed by atoms with E-state index in [1.807, 2.05) is 91.0 Å². The maximum atomic E-state index is 14.1. The number of nitrogens with zero attached hydrogens (tertiary/aromatic N) is 1. The van der Waals surface area contributed by atoms with Gasteiger partial charge in [0.1, 0.15) is 19.0 Å². The summed E-state index contributed by atoms with van der Waals surface area (Å²) in [7, 11) is -2.87. The lowest BCUT2D eigenvalue weighted by molar-refractivity contribution is 0.365. The van der Waals surface area contributed by atoms with Crippen molar-refractivity contribution < 1.29 is 9.30 Å². The molecule has 0 atom stereocenters. The minimum atomic E-state index is -2.87. The van der Waals surface area contributed by atoms with E-state index in [4.69, 9.17) is 10.00 Å². The summed E-state index contributed by atoms with van der Waals surface area (Å²) in [4.78, 5) is 0. The zero-order valence-corrected chi connectivity index (χ0v) is 14.6. The highest BCUT2D eigenvalue weighted by molar-refractivity contribution is 7.78. The van der Waals surface area contributed by atoms with Gasteiger partial charge in [0.05, 0.1) is 0 Å². The molecule has 0 aliphatic rings. The molecule has 0 saturated carbocycles. The summed E-state index contributed by atoms with van der Waals surface area (Å²) in [6.07, 6.45) is 0.350. The van der Waals surface area contributed by atoms with E-state index >= 15 is 0 Å². The van der Waals surface area contributed by atoms with E-state index in [9.17, 15) is 4.57 Å². The van der Waals surface area contributed by atoms with Crippen LogP contribution in [-0.4, -0.2) is 6.61 Å². The van der Waals surface area contributed by atoms with Crippen LogP contribution in [0.4, 0.5) is 0 Å². The van der Waals surface area contributed by atoms with E-state index < -0.39 is 7.14 Å². The predicted octanol–water partition coefficient (Wildman–Crippen LogP) is 4.10. The van der Waals surface area contributed by atoms with Crippen molar-refractivity contribution in [2.75, 3.05) is 6.61 Å². The Kier molecular flexibility index (Phi) is 5.33. The summed E-state index contributed by atoms with van der Waals surface area (Å²) in [5, 5.41) is 10.4. The molecule has 0 aliphatic carbocycles. The Morgan fingerprint density at radius 3 is 1.88 bits per heavy atom. The van der Waals surface area contributed by atoms with Crippen LogP contribution >= 0.6 is 7.14 Å². The fraction of sp³-hybridized carbons (Fsp3) is 0.0952. The van der Waals surface area contributed by atoms with Crippen LogP contribution in [0.5, 0.6) is 5.75 Å². The first-order chi connectivity index (χ1) is 12.2. The Hall–Kier alpha value is -2.82. The third-order valence-corrected chi connectivity index (χ3v) is 7.06. The average molecular weight is 347 g/mol. The van der Waals surface area contributed by atoms with E-state index in [0.717, 1.165) is 16.2 Å². The van der Waals surface area contributed by atoms with Crippen LogP contribution in [-0.2, 0) is 10.7 Å². The molecule has 3 nitrogen and oxygen atoms in total. The molecule has 3 aromatic rings. The lowest BCUT2D eigenvalue weighted by Crippen LogP contribution is -2.17. The third kappa shape index (κ3) is 3.82. The number of para-hydroxylation sites is 1. The lowest BCUT2D eigenvalue weighted by atomic mass is 10.2. The Labute approximate surface area is 147 Å². The monoisotopic (exact) mass is 347 g/mol. The van der Waals surface area contributed by atoms with Gasteiger partial charge in [-0.25, -0.2) is 0 Å². The Morgan fingerprint density at radius 1 is 0.800 bits per heavy atom. The first-order valence-corrected chi connectivity index (χ1v) is 9.91. The summed E-state index contributed by atoms with van der Waals surface area (Å²) >= 11 is 0. The van der Waals surface area contributed by atoms with E-state index in [0.29, 0.717) is 11.9 Å². The van der Waals surface area contributed by atoms with Gasteiger partial charge in [-0.3, -0.25) is 0 Å². The molecule has 3 rings (SSSR count). The molecule has 0 radical (unpaired) electrons. The zero-order valence-electron chi connectivity index (χ0n) is 13.7. The Morgan fingerprint density at radius 2 is 1.32 bits per heavy atom. The Bertz CT molecular complexity index is 874. The van der Waals surface area contributed by atoms with Crippen LogP contribution in [0.3, 0.4) is 0 Å². The summed E-state index contributed by atoms with van der Waals surface area (Å²) < 4.78 is 19.6. The highest BCUT2D eigenvalue weighted by Gasteiger charge is 2.28. The number of ether oxygens (including phenoxy) is 1. The van der Waals surface area contributed by atoms with Crippen LogP contribution in [0.2, 0.25) is 0 Å². The SMILES string of the molecule is N#CCOc1ccccc1CP(=O)(c1ccccc1)c1ccccc1. The fourth-order valence-electron chi connectivity index (χ4n) is 2.79. The van der Waals surface area contributed by atoms with Gasteiger partial charge in [0.25, 0.3) is 0 Å². The summed E-state index contributed by atoms with van der Waals surface area (Å²) in [6.45, 7) is -0.0298. The molecule has 4 heteroatoms. The molecule has 0 unspecified atom stereocenters. The smallest absolute Gasteiger partial charge is 0.174 e. The quantitative estimate of drug-likeness (QED) is 0.631. The summed E-state index contributed by atoms with van der Waals surface area (Å²) in [5.74, 6) is 0.608. The first kappa shape index (κ1) is 17.0. The topological polar surface area (TPSA) is 50.1 Å². The third-order valence-electron chi connectivity index (χ3n) is 4.00. The van der Waals surface area contributed by atoms with Gasteiger partial charge in [0.2, 0.25) is 0 Å². The number of benzene rings is 3. The standard InChI is InChI=1S/C21H18NO2P/c22-15-16-24-21-14-8-7-9-18(21)17-25(23,19-10-3-1-4-11-19)20-12-5-2-6-13-20/h1-14H,16-17H2. The minimum Gasteiger partial charge on any atom is -0.478 e. The number of nitriles is 1. The van der Waals surface area contributed by atoms with Crippen molar-refractivity contribution >= 4 is 17.8 Å². The van der Waals surface area contributed by atoms with Gasteiger partial charge in [-0.15, -0.1) is 0 Å². The zero-order chi connectivity index (χ0) is 17.5. The number of hydrogen-bond donors (Lipinski definition) is 0. The van der Waals surface area contributed by atoms with Gasteiger partial charge in [0.15, 0.2) is 6.61 Å². The van der Waals surface area contributed by atoms with Crippen LogP contribution in [0.1, 0.15) is 5.56 Å². The maximum Gasteiger partial charge on any atom is 0.174 e. The second kappa shape index (κ2) is 7.83. The van der Waals surface area contributed by atoms with Gasteiger partial charge >= 0.3 is 0 Å². The number of hydrogen-bond acceptors (Lipinski definition) is 3. The highest BCUT2D eigenvalue weighted by Crippen LogP contribution is 2.48. The maximum absolute atomic E-state index is 14.1.